The Labute approximate surface area is 134 Å². The smallest absolute Gasteiger partial charge is 0.226 e. The van der Waals surface area contributed by atoms with Crippen molar-refractivity contribution in [1.29, 1.82) is 0 Å². The number of fused-ring (bicyclic) bond motifs is 1. The molecule has 9 heteroatoms. The minimum atomic E-state index is -3.12. The molecule has 3 fully saturated rings. The molecule has 23 heavy (non-hydrogen) atoms. The Morgan fingerprint density at radius 2 is 2.04 bits per heavy atom. The summed E-state index contributed by atoms with van der Waals surface area (Å²) in [6.07, 6.45) is 4.24. The monoisotopic (exact) mass is 340 g/mol. The summed E-state index contributed by atoms with van der Waals surface area (Å²) in [6, 6.07) is -0.412. The molecule has 0 aromatic carbocycles. The normalized spacial score (nSPS) is 30.9. The predicted molar refractivity (Wildman–Crippen MR) is 80.0 cm³/mol. The van der Waals surface area contributed by atoms with Crippen molar-refractivity contribution in [3.8, 4) is 0 Å². The third-order valence-corrected chi connectivity index (χ3v) is 6.98. The minimum absolute atomic E-state index is 0.0683. The fraction of sp³-hybridized carbons (Fsp3) is 0.786. The van der Waals surface area contributed by atoms with Gasteiger partial charge in [0, 0.05) is 25.0 Å². The van der Waals surface area contributed by atoms with Crippen molar-refractivity contribution in [2.45, 2.75) is 37.9 Å². The molecule has 8 nitrogen and oxygen atoms in total. The number of hydrogen-bond acceptors (Lipinski definition) is 7. The van der Waals surface area contributed by atoms with Crippen LogP contribution in [0.15, 0.2) is 10.9 Å². The second-order valence-electron chi connectivity index (χ2n) is 6.69. The Balaban J connectivity index is 1.55. The third kappa shape index (κ3) is 2.76. The molecule has 0 bridgehead atoms. The maximum absolute atomic E-state index is 12.6. The van der Waals surface area contributed by atoms with Gasteiger partial charge in [-0.15, -0.1) is 0 Å². The van der Waals surface area contributed by atoms with Crippen LogP contribution in [0.3, 0.4) is 0 Å². The van der Waals surface area contributed by atoms with E-state index in [-0.39, 0.29) is 35.4 Å². The van der Waals surface area contributed by atoms with Gasteiger partial charge in [0.05, 0.1) is 24.1 Å². The highest BCUT2D eigenvalue weighted by atomic mass is 32.2. The summed E-state index contributed by atoms with van der Waals surface area (Å²) in [5.74, 6) is 0.958. The zero-order valence-corrected chi connectivity index (χ0v) is 13.6. The van der Waals surface area contributed by atoms with E-state index in [0.717, 1.165) is 19.3 Å². The molecule has 4 rings (SSSR count). The summed E-state index contributed by atoms with van der Waals surface area (Å²) in [5.41, 5.74) is 0. The molecule has 0 unspecified atom stereocenters. The average molecular weight is 340 g/mol. The van der Waals surface area contributed by atoms with Crippen molar-refractivity contribution in [2.24, 2.45) is 5.92 Å². The zero-order chi connectivity index (χ0) is 16.0. The van der Waals surface area contributed by atoms with Crippen LogP contribution in [-0.2, 0) is 21.2 Å². The summed E-state index contributed by atoms with van der Waals surface area (Å²) in [6.45, 7) is 1.67. The van der Waals surface area contributed by atoms with E-state index in [0.29, 0.717) is 25.5 Å². The minimum Gasteiger partial charge on any atom is -0.343 e. The van der Waals surface area contributed by atoms with Crippen LogP contribution in [0.4, 0.5) is 0 Å². The van der Waals surface area contributed by atoms with E-state index in [1.54, 1.807) is 0 Å². The maximum Gasteiger partial charge on any atom is 0.226 e. The van der Waals surface area contributed by atoms with Crippen LogP contribution in [0.2, 0.25) is 0 Å². The van der Waals surface area contributed by atoms with Crippen molar-refractivity contribution < 1.29 is 17.7 Å². The second kappa shape index (κ2) is 5.55. The van der Waals surface area contributed by atoms with Crippen molar-refractivity contribution in [2.75, 3.05) is 24.6 Å². The van der Waals surface area contributed by atoms with Gasteiger partial charge in [0.2, 0.25) is 12.3 Å². The fourth-order valence-electron chi connectivity index (χ4n) is 3.83. The summed E-state index contributed by atoms with van der Waals surface area (Å²) in [7, 11) is -3.12. The number of nitrogens with zero attached hydrogens (tertiary/aromatic N) is 4. The van der Waals surface area contributed by atoms with E-state index in [2.05, 4.69) is 15.0 Å². The van der Waals surface area contributed by atoms with Crippen LogP contribution in [0, 0.1) is 5.92 Å². The Bertz CT molecular complexity index is 686. The van der Waals surface area contributed by atoms with Gasteiger partial charge >= 0.3 is 0 Å². The molecular formula is C14H20N4O4S. The number of rotatable bonds is 3. The van der Waals surface area contributed by atoms with Gasteiger partial charge in [-0.3, -0.25) is 9.69 Å². The SMILES string of the molecule is O=C(C1CCC1)N1CCN(Cc2ncon2)[C@H]2CS(=O)(=O)C[C@H]21. The maximum atomic E-state index is 12.6. The molecule has 1 aromatic rings. The molecule has 3 heterocycles. The number of amides is 1. The van der Waals surface area contributed by atoms with Crippen LogP contribution >= 0.6 is 0 Å². The van der Waals surface area contributed by atoms with Gasteiger partial charge in [0.1, 0.15) is 0 Å². The first-order valence-corrected chi connectivity index (χ1v) is 9.86. The van der Waals surface area contributed by atoms with Gasteiger partial charge in [-0.1, -0.05) is 11.6 Å². The lowest BCUT2D eigenvalue weighted by Crippen LogP contribution is -2.61. The molecule has 126 valence electrons. The molecule has 3 aliphatic rings. The topological polar surface area (TPSA) is 96.6 Å². The van der Waals surface area contributed by atoms with Gasteiger partial charge in [-0.05, 0) is 12.8 Å². The van der Waals surface area contributed by atoms with Gasteiger partial charge < -0.3 is 9.42 Å². The summed E-state index contributed by atoms with van der Waals surface area (Å²) in [4.78, 5) is 20.5. The molecule has 1 aliphatic carbocycles. The highest BCUT2D eigenvalue weighted by Gasteiger charge is 2.49. The largest absolute Gasteiger partial charge is 0.343 e. The molecule has 2 aliphatic heterocycles. The molecule has 0 spiro atoms. The zero-order valence-electron chi connectivity index (χ0n) is 12.8. The summed E-state index contributed by atoms with van der Waals surface area (Å²) < 4.78 is 29.1. The molecule has 1 aromatic heterocycles. The Kier molecular flexibility index (Phi) is 3.64. The third-order valence-electron chi connectivity index (χ3n) is 5.28. The van der Waals surface area contributed by atoms with Crippen molar-refractivity contribution >= 4 is 15.7 Å². The van der Waals surface area contributed by atoms with E-state index in [4.69, 9.17) is 4.52 Å². The van der Waals surface area contributed by atoms with Crippen molar-refractivity contribution in [1.82, 2.24) is 19.9 Å². The molecule has 0 radical (unpaired) electrons. The Morgan fingerprint density at radius 3 is 2.70 bits per heavy atom. The quantitative estimate of drug-likeness (QED) is 0.744. The van der Waals surface area contributed by atoms with Gasteiger partial charge in [0.15, 0.2) is 15.7 Å². The van der Waals surface area contributed by atoms with Crippen LogP contribution in [0.25, 0.3) is 0 Å². The highest BCUT2D eigenvalue weighted by molar-refractivity contribution is 7.91. The first kappa shape index (κ1) is 15.1. The van der Waals surface area contributed by atoms with E-state index in [1.165, 1.54) is 6.39 Å². The lowest BCUT2D eigenvalue weighted by atomic mass is 9.83. The number of hydrogen-bond donors (Lipinski definition) is 0. The summed E-state index contributed by atoms with van der Waals surface area (Å²) >= 11 is 0. The van der Waals surface area contributed by atoms with Gasteiger partial charge in [-0.2, -0.15) is 4.98 Å². The summed E-state index contributed by atoms with van der Waals surface area (Å²) in [5, 5.41) is 3.81. The number of carbonyl (C=O) groups excluding carboxylic acids is 1. The van der Waals surface area contributed by atoms with Crippen LogP contribution in [-0.4, -0.2) is 70.9 Å². The molecule has 2 saturated heterocycles. The molecule has 0 N–H and O–H groups in total. The molecule has 1 saturated carbocycles. The molecule has 2 atom stereocenters. The highest BCUT2D eigenvalue weighted by Crippen LogP contribution is 2.33. The Morgan fingerprint density at radius 1 is 1.26 bits per heavy atom. The van der Waals surface area contributed by atoms with E-state index in [9.17, 15) is 13.2 Å². The fourth-order valence-corrected chi connectivity index (χ4v) is 5.84. The van der Waals surface area contributed by atoms with Crippen molar-refractivity contribution in [3.63, 3.8) is 0 Å². The number of aromatic nitrogens is 2. The van der Waals surface area contributed by atoms with Crippen molar-refractivity contribution in [3.05, 3.63) is 12.2 Å². The lowest BCUT2D eigenvalue weighted by molar-refractivity contribution is -0.144. The second-order valence-corrected chi connectivity index (χ2v) is 8.84. The molecular weight excluding hydrogens is 320 g/mol. The first-order chi connectivity index (χ1) is 11.0. The van der Waals surface area contributed by atoms with Gasteiger partial charge in [0.25, 0.3) is 0 Å². The van der Waals surface area contributed by atoms with E-state index < -0.39 is 9.84 Å². The standard InChI is InChI=1S/C14H20N4O4S/c19-14(10-2-1-3-10)18-5-4-17(6-13-15-9-22-16-13)11-7-23(20,21)8-12(11)18/h9-12H,1-8H2/t11-,12+/m0/s1. The van der Waals surface area contributed by atoms with Crippen LogP contribution in [0.1, 0.15) is 25.1 Å². The Hall–Kier alpha value is -1.48. The number of carbonyl (C=O) groups is 1. The van der Waals surface area contributed by atoms with Crippen LogP contribution < -0.4 is 0 Å². The lowest BCUT2D eigenvalue weighted by Gasteiger charge is -2.45. The van der Waals surface area contributed by atoms with Crippen LogP contribution in [0.5, 0.6) is 0 Å². The van der Waals surface area contributed by atoms with E-state index >= 15 is 0 Å². The molecule has 1 amide bonds. The van der Waals surface area contributed by atoms with Gasteiger partial charge in [-0.25, -0.2) is 8.42 Å². The number of piperazine rings is 1. The number of sulfone groups is 1. The predicted octanol–water partition coefficient (Wildman–Crippen LogP) is -0.320. The average Bonchev–Trinajstić information content (AvgIpc) is 3.03. The first-order valence-electron chi connectivity index (χ1n) is 8.04. The van der Waals surface area contributed by atoms with E-state index in [1.807, 2.05) is 4.90 Å².